The third kappa shape index (κ3) is 3.56. The third-order valence-electron chi connectivity index (χ3n) is 4.44. The number of hydrogen-bond donors (Lipinski definition) is 0. The van der Waals surface area contributed by atoms with E-state index in [1.807, 2.05) is 12.1 Å². The van der Waals surface area contributed by atoms with Crippen LogP contribution < -0.4 is 4.90 Å². The van der Waals surface area contributed by atoms with Crippen molar-refractivity contribution in [2.45, 2.75) is 19.3 Å². The van der Waals surface area contributed by atoms with Gasteiger partial charge in [0.05, 0.1) is 0 Å². The number of anilines is 1. The number of nitrogens with zero attached hydrogens (tertiary/aromatic N) is 2. The van der Waals surface area contributed by atoms with Crippen molar-refractivity contribution in [1.29, 1.82) is 0 Å². The highest BCUT2D eigenvalue weighted by Crippen LogP contribution is 2.23. The van der Waals surface area contributed by atoms with Gasteiger partial charge < -0.3 is 4.90 Å². The molecule has 0 spiro atoms. The number of hydrogen-bond acceptors (Lipinski definition) is 2. The highest BCUT2D eigenvalue weighted by atomic mass is 35.5. The zero-order valence-corrected chi connectivity index (χ0v) is 12.7. The van der Waals surface area contributed by atoms with Crippen molar-refractivity contribution in [2.24, 2.45) is 5.92 Å². The molecule has 1 atom stereocenters. The van der Waals surface area contributed by atoms with Crippen molar-refractivity contribution >= 4 is 17.3 Å². The average molecular weight is 291 g/mol. The van der Waals surface area contributed by atoms with Crippen LogP contribution in [0.1, 0.15) is 19.3 Å². The number of benzene rings is 1. The average Bonchev–Trinajstić information content (AvgIpc) is 2.49. The zero-order valence-electron chi connectivity index (χ0n) is 12.0. The minimum absolute atomic E-state index is 0.832. The summed E-state index contributed by atoms with van der Waals surface area (Å²) in [5.41, 5.74) is 1.26. The Balaban J connectivity index is 1.50. The normalized spacial score (nSPS) is 24.1. The molecular formula is C17H23ClN2. The highest BCUT2D eigenvalue weighted by Gasteiger charge is 2.20. The molecule has 0 amide bonds. The minimum atomic E-state index is 0.832. The van der Waals surface area contributed by atoms with Gasteiger partial charge in [-0.1, -0.05) is 29.8 Å². The Labute approximate surface area is 127 Å². The predicted octanol–water partition coefficient (Wildman–Crippen LogP) is 3.82. The number of piperazine rings is 1. The lowest BCUT2D eigenvalue weighted by Crippen LogP contribution is -2.47. The highest BCUT2D eigenvalue weighted by molar-refractivity contribution is 6.30. The molecule has 1 aliphatic heterocycles. The summed E-state index contributed by atoms with van der Waals surface area (Å²) in [6.07, 6.45) is 8.59. The summed E-state index contributed by atoms with van der Waals surface area (Å²) in [4.78, 5) is 5.08. The van der Waals surface area contributed by atoms with Crippen LogP contribution in [-0.4, -0.2) is 37.6 Å². The van der Waals surface area contributed by atoms with Gasteiger partial charge in [-0.25, -0.2) is 0 Å². The molecule has 108 valence electrons. The molecule has 1 heterocycles. The van der Waals surface area contributed by atoms with Crippen LogP contribution in [0, 0.1) is 5.92 Å². The van der Waals surface area contributed by atoms with Gasteiger partial charge in [0.15, 0.2) is 0 Å². The second-order valence-electron chi connectivity index (χ2n) is 5.92. The summed E-state index contributed by atoms with van der Waals surface area (Å²) in [7, 11) is 0. The standard InChI is InChI=1S/C17H23ClN2/c18-16-7-4-8-17(13-16)20-11-9-19(10-12-20)14-15-5-2-1-3-6-15/h1-2,4,7-8,13,15H,3,5-6,9-12,14H2/t15-/m1/s1. The van der Waals surface area contributed by atoms with Crippen molar-refractivity contribution in [1.82, 2.24) is 4.90 Å². The molecular weight excluding hydrogens is 268 g/mol. The fourth-order valence-electron chi connectivity index (χ4n) is 3.25. The van der Waals surface area contributed by atoms with Gasteiger partial charge in [0, 0.05) is 43.4 Å². The summed E-state index contributed by atoms with van der Waals surface area (Å²) >= 11 is 6.08. The van der Waals surface area contributed by atoms with Gasteiger partial charge in [0.25, 0.3) is 0 Å². The Hall–Kier alpha value is -0.990. The van der Waals surface area contributed by atoms with Crippen LogP contribution in [0.5, 0.6) is 0 Å². The fraction of sp³-hybridized carbons (Fsp3) is 0.529. The van der Waals surface area contributed by atoms with Crippen LogP contribution in [0.15, 0.2) is 36.4 Å². The topological polar surface area (TPSA) is 6.48 Å². The van der Waals surface area contributed by atoms with Crippen molar-refractivity contribution < 1.29 is 0 Å². The van der Waals surface area contributed by atoms with E-state index in [0.29, 0.717) is 0 Å². The zero-order chi connectivity index (χ0) is 13.8. The van der Waals surface area contributed by atoms with Gasteiger partial charge in [-0.05, 0) is 43.4 Å². The van der Waals surface area contributed by atoms with Gasteiger partial charge >= 0.3 is 0 Å². The molecule has 2 nitrogen and oxygen atoms in total. The molecule has 3 heteroatoms. The van der Waals surface area contributed by atoms with Gasteiger partial charge in [-0.2, -0.15) is 0 Å². The van der Waals surface area contributed by atoms with Gasteiger partial charge in [-0.3, -0.25) is 4.90 Å². The molecule has 1 aromatic carbocycles. The van der Waals surface area contributed by atoms with Gasteiger partial charge in [-0.15, -0.1) is 0 Å². The van der Waals surface area contributed by atoms with E-state index in [1.165, 1.54) is 44.6 Å². The molecule has 1 saturated heterocycles. The van der Waals surface area contributed by atoms with Crippen molar-refractivity contribution in [2.75, 3.05) is 37.6 Å². The van der Waals surface area contributed by atoms with Crippen molar-refractivity contribution in [3.8, 4) is 0 Å². The number of rotatable bonds is 3. The Morgan fingerprint density at radius 3 is 2.65 bits per heavy atom. The van der Waals surface area contributed by atoms with Gasteiger partial charge in [0.1, 0.15) is 0 Å². The quantitative estimate of drug-likeness (QED) is 0.781. The second kappa shape index (κ2) is 6.64. The van der Waals surface area contributed by atoms with Crippen molar-refractivity contribution in [3.05, 3.63) is 41.4 Å². The van der Waals surface area contributed by atoms with E-state index in [2.05, 4.69) is 34.1 Å². The molecule has 0 unspecified atom stereocenters. The van der Waals surface area contributed by atoms with E-state index in [9.17, 15) is 0 Å². The van der Waals surface area contributed by atoms with Crippen LogP contribution in [-0.2, 0) is 0 Å². The first kappa shape index (κ1) is 14.0. The first-order valence-electron chi connectivity index (χ1n) is 7.69. The summed E-state index contributed by atoms with van der Waals surface area (Å²) in [5, 5.41) is 0.832. The lowest BCUT2D eigenvalue weighted by atomic mass is 9.94. The summed E-state index contributed by atoms with van der Waals surface area (Å²) in [6.45, 7) is 5.85. The smallest absolute Gasteiger partial charge is 0.0426 e. The maximum absolute atomic E-state index is 6.08. The van der Waals surface area contributed by atoms with Gasteiger partial charge in [0.2, 0.25) is 0 Å². The molecule has 1 fully saturated rings. The summed E-state index contributed by atoms with van der Waals surface area (Å²) < 4.78 is 0. The van der Waals surface area contributed by atoms with Crippen molar-refractivity contribution in [3.63, 3.8) is 0 Å². The third-order valence-corrected chi connectivity index (χ3v) is 4.67. The second-order valence-corrected chi connectivity index (χ2v) is 6.35. The first-order chi connectivity index (χ1) is 9.81. The van der Waals surface area contributed by atoms with E-state index in [0.717, 1.165) is 24.0 Å². The lowest BCUT2D eigenvalue weighted by Gasteiger charge is -2.38. The maximum Gasteiger partial charge on any atom is 0.0426 e. The molecule has 2 aliphatic rings. The van der Waals surface area contributed by atoms with Crippen LogP contribution in [0.2, 0.25) is 5.02 Å². The Morgan fingerprint density at radius 2 is 1.95 bits per heavy atom. The van der Waals surface area contributed by atoms with E-state index in [-0.39, 0.29) is 0 Å². The Bertz CT molecular complexity index is 464. The van der Waals surface area contributed by atoms with E-state index >= 15 is 0 Å². The predicted molar refractivity (Wildman–Crippen MR) is 86.6 cm³/mol. The van der Waals surface area contributed by atoms with E-state index < -0.39 is 0 Å². The molecule has 20 heavy (non-hydrogen) atoms. The number of halogens is 1. The lowest BCUT2D eigenvalue weighted by molar-refractivity contribution is 0.211. The summed E-state index contributed by atoms with van der Waals surface area (Å²) in [6, 6.07) is 8.22. The molecule has 0 N–H and O–H groups in total. The summed E-state index contributed by atoms with van der Waals surface area (Å²) in [5.74, 6) is 0.873. The molecule has 1 aromatic rings. The van der Waals surface area contributed by atoms with Crippen LogP contribution in [0.25, 0.3) is 0 Å². The van der Waals surface area contributed by atoms with E-state index in [4.69, 9.17) is 11.6 Å². The fourth-order valence-corrected chi connectivity index (χ4v) is 3.43. The molecule has 0 bridgehead atoms. The molecule has 3 rings (SSSR count). The van der Waals surface area contributed by atoms with E-state index in [1.54, 1.807) is 0 Å². The molecule has 1 aliphatic carbocycles. The monoisotopic (exact) mass is 290 g/mol. The van der Waals surface area contributed by atoms with Crippen LogP contribution in [0.3, 0.4) is 0 Å². The van der Waals surface area contributed by atoms with Crippen LogP contribution >= 0.6 is 11.6 Å². The minimum Gasteiger partial charge on any atom is -0.369 e. The Morgan fingerprint density at radius 1 is 1.10 bits per heavy atom. The first-order valence-corrected chi connectivity index (χ1v) is 8.07. The maximum atomic E-state index is 6.08. The molecule has 0 aromatic heterocycles. The number of allylic oxidation sites excluding steroid dienone is 2. The molecule has 0 radical (unpaired) electrons. The SMILES string of the molecule is Clc1cccc(N2CCN(C[C@@H]3CC=CCC3)CC2)c1. The van der Waals surface area contributed by atoms with Crippen LogP contribution in [0.4, 0.5) is 5.69 Å². The molecule has 0 saturated carbocycles. The Kier molecular flexibility index (Phi) is 4.64. The largest absolute Gasteiger partial charge is 0.369 e.